The van der Waals surface area contributed by atoms with E-state index in [2.05, 4.69) is 84.5 Å². The van der Waals surface area contributed by atoms with Gasteiger partial charge in [0.05, 0.1) is 24.0 Å². The van der Waals surface area contributed by atoms with Crippen molar-refractivity contribution in [2.45, 2.75) is 27.3 Å². The minimum absolute atomic E-state index is 0.710. The Bertz CT molecular complexity index is 952. The predicted molar refractivity (Wildman–Crippen MR) is 103 cm³/mol. The van der Waals surface area contributed by atoms with Gasteiger partial charge >= 0.3 is 0 Å². The molecule has 0 fully saturated rings. The van der Waals surface area contributed by atoms with E-state index in [1.54, 1.807) is 0 Å². The normalized spacial score (nSPS) is 13.7. The molecule has 6 nitrogen and oxygen atoms in total. The molecule has 2 N–H and O–H groups in total. The van der Waals surface area contributed by atoms with Crippen molar-refractivity contribution in [1.82, 2.24) is 25.9 Å². The second kappa shape index (κ2) is 6.65. The number of hydrazine groups is 2. The highest BCUT2D eigenvalue weighted by Gasteiger charge is 2.21. The van der Waals surface area contributed by atoms with Gasteiger partial charge in [0.25, 0.3) is 0 Å². The molecule has 2 heterocycles. The maximum atomic E-state index is 4.56. The zero-order valence-electron chi connectivity index (χ0n) is 15.2. The molecule has 1 aromatic heterocycles. The molecule has 2 aromatic carbocycles. The molecule has 0 saturated carbocycles. The monoisotopic (exact) mass is 346 g/mol. The van der Waals surface area contributed by atoms with Crippen molar-refractivity contribution in [1.29, 1.82) is 0 Å². The molecule has 0 radical (unpaired) electrons. The molecule has 0 atom stereocenters. The highest BCUT2D eigenvalue weighted by molar-refractivity contribution is 5.98. The SMILES string of the molecule is Cc1cccc(CN2NNN=C2c2cnn(-c3c(C)cccc3C)c2)c1. The Morgan fingerprint density at radius 2 is 1.77 bits per heavy atom. The number of rotatable bonds is 4. The zero-order chi connectivity index (χ0) is 18.1. The van der Waals surface area contributed by atoms with E-state index < -0.39 is 0 Å². The van der Waals surface area contributed by atoms with Crippen LogP contribution in [0.5, 0.6) is 0 Å². The van der Waals surface area contributed by atoms with Gasteiger partial charge < -0.3 is 0 Å². The number of hydrogen-bond acceptors (Lipinski definition) is 5. The van der Waals surface area contributed by atoms with Crippen LogP contribution in [0.3, 0.4) is 0 Å². The summed E-state index contributed by atoms with van der Waals surface area (Å²) in [6.45, 7) is 7.01. The van der Waals surface area contributed by atoms with Gasteiger partial charge in [-0.2, -0.15) is 5.10 Å². The van der Waals surface area contributed by atoms with E-state index in [0.717, 1.165) is 17.1 Å². The van der Waals surface area contributed by atoms with Gasteiger partial charge in [0, 0.05) is 6.20 Å². The molecule has 6 heteroatoms. The molecule has 0 saturated heterocycles. The van der Waals surface area contributed by atoms with E-state index in [9.17, 15) is 0 Å². The van der Waals surface area contributed by atoms with Crippen LogP contribution in [0.25, 0.3) is 5.69 Å². The van der Waals surface area contributed by atoms with Crippen LogP contribution in [0.15, 0.2) is 60.0 Å². The predicted octanol–water partition coefficient (Wildman–Crippen LogP) is 2.98. The fourth-order valence-electron chi connectivity index (χ4n) is 3.31. The van der Waals surface area contributed by atoms with Crippen LogP contribution in [0.2, 0.25) is 0 Å². The molecule has 0 amide bonds. The van der Waals surface area contributed by atoms with Crippen LogP contribution in [0, 0.1) is 20.8 Å². The second-order valence-electron chi connectivity index (χ2n) is 6.65. The lowest BCUT2D eigenvalue weighted by Gasteiger charge is -2.18. The number of nitrogens with one attached hydrogen (secondary N) is 2. The minimum Gasteiger partial charge on any atom is -0.266 e. The molecule has 1 aliphatic heterocycles. The highest BCUT2D eigenvalue weighted by atomic mass is 15.8. The Hall–Kier alpha value is -3.12. The number of aromatic nitrogens is 2. The second-order valence-corrected chi connectivity index (χ2v) is 6.65. The fourth-order valence-corrected chi connectivity index (χ4v) is 3.31. The van der Waals surface area contributed by atoms with Crippen LogP contribution in [0.4, 0.5) is 0 Å². The maximum absolute atomic E-state index is 4.56. The molecule has 26 heavy (non-hydrogen) atoms. The Morgan fingerprint density at radius 1 is 1.00 bits per heavy atom. The number of para-hydroxylation sites is 1. The molecule has 3 aromatic rings. The van der Waals surface area contributed by atoms with Crippen molar-refractivity contribution in [3.05, 3.63) is 82.7 Å². The quantitative estimate of drug-likeness (QED) is 0.762. The topological polar surface area (TPSA) is 57.5 Å². The number of aryl methyl sites for hydroxylation is 3. The summed E-state index contributed by atoms with van der Waals surface area (Å²) in [6.07, 6.45) is 3.87. The first kappa shape index (κ1) is 16.4. The number of benzene rings is 2. The van der Waals surface area contributed by atoms with Gasteiger partial charge in [-0.05, 0) is 37.5 Å². The van der Waals surface area contributed by atoms with E-state index in [0.29, 0.717) is 6.54 Å². The third kappa shape index (κ3) is 3.07. The summed E-state index contributed by atoms with van der Waals surface area (Å²) < 4.78 is 1.92. The number of amidine groups is 1. The molecule has 1 aliphatic rings. The average Bonchev–Trinajstić information content (AvgIpc) is 3.24. The summed E-state index contributed by atoms with van der Waals surface area (Å²) in [5.41, 5.74) is 12.9. The lowest BCUT2D eigenvalue weighted by atomic mass is 10.1. The summed E-state index contributed by atoms with van der Waals surface area (Å²) >= 11 is 0. The fraction of sp³-hybridized carbons (Fsp3) is 0.200. The first-order chi connectivity index (χ1) is 12.6. The van der Waals surface area contributed by atoms with Crippen molar-refractivity contribution < 1.29 is 0 Å². The Labute approximate surface area is 153 Å². The van der Waals surface area contributed by atoms with Crippen molar-refractivity contribution in [3.63, 3.8) is 0 Å². The van der Waals surface area contributed by atoms with Crippen LogP contribution < -0.4 is 11.1 Å². The lowest BCUT2D eigenvalue weighted by molar-refractivity contribution is 0.288. The van der Waals surface area contributed by atoms with Gasteiger partial charge in [-0.3, -0.25) is 5.01 Å². The Morgan fingerprint density at radius 3 is 2.54 bits per heavy atom. The van der Waals surface area contributed by atoms with E-state index in [1.807, 2.05) is 22.1 Å². The molecule has 0 bridgehead atoms. The molecule has 0 unspecified atom stereocenters. The van der Waals surface area contributed by atoms with E-state index in [-0.39, 0.29) is 0 Å². The summed E-state index contributed by atoms with van der Waals surface area (Å²) in [5, 5.41) is 10.9. The first-order valence-electron chi connectivity index (χ1n) is 8.65. The third-order valence-corrected chi connectivity index (χ3v) is 4.53. The van der Waals surface area contributed by atoms with E-state index >= 15 is 0 Å². The van der Waals surface area contributed by atoms with Gasteiger partial charge in [0.1, 0.15) is 0 Å². The van der Waals surface area contributed by atoms with Crippen LogP contribution in [-0.4, -0.2) is 20.6 Å². The Balaban J connectivity index is 1.60. The van der Waals surface area contributed by atoms with Crippen LogP contribution in [0.1, 0.15) is 27.8 Å². The molecule has 0 spiro atoms. The smallest absolute Gasteiger partial charge is 0.176 e. The average molecular weight is 346 g/mol. The zero-order valence-corrected chi connectivity index (χ0v) is 15.2. The summed E-state index contributed by atoms with van der Waals surface area (Å²) in [7, 11) is 0. The van der Waals surface area contributed by atoms with Gasteiger partial charge in [-0.1, -0.05) is 48.0 Å². The summed E-state index contributed by atoms with van der Waals surface area (Å²) in [6, 6.07) is 14.7. The van der Waals surface area contributed by atoms with Gasteiger partial charge in [0.2, 0.25) is 0 Å². The molecule has 132 valence electrons. The lowest BCUT2D eigenvalue weighted by Crippen LogP contribution is -2.40. The first-order valence-corrected chi connectivity index (χ1v) is 8.65. The van der Waals surface area contributed by atoms with Crippen molar-refractivity contribution in [3.8, 4) is 5.69 Å². The standard InChI is InChI=1S/C20H22N6/c1-14-6-4-9-17(10-14)12-26-20(22-23-24-26)18-11-21-25(13-18)19-15(2)7-5-8-16(19)3/h4-11,13,23-24H,12H2,1-3H3. The highest BCUT2D eigenvalue weighted by Crippen LogP contribution is 2.19. The summed E-state index contributed by atoms with van der Waals surface area (Å²) in [5.74, 6) is 0.823. The van der Waals surface area contributed by atoms with Crippen molar-refractivity contribution in [2.24, 2.45) is 5.10 Å². The number of nitrogens with zero attached hydrogens (tertiary/aromatic N) is 4. The third-order valence-electron chi connectivity index (χ3n) is 4.53. The molecule has 4 rings (SSSR count). The summed E-state index contributed by atoms with van der Waals surface area (Å²) in [4.78, 5) is 0. The molecule has 0 aliphatic carbocycles. The van der Waals surface area contributed by atoms with Gasteiger partial charge in [-0.25, -0.2) is 10.2 Å². The largest absolute Gasteiger partial charge is 0.266 e. The van der Waals surface area contributed by atoms with E-state index in [1.165, 1.54) is 22.3 Å². The van der Waals surface area contributed by atoms with Crippen molar-refractivity contribution >= 4 is 5.84 Å². The molecular formula is C20H22N6. The van der Waals surface area contributed by atoms with Crippen LogP contribution in [-0.2, 0) is 6.54 Å². The number of hydrogen-bond donors (Lipinski definition) is 2. The van der Waals surface area contributed by atoms with Gasteiger partial charge in [-0.15, -0.1) is 10.6 Å². The van der Waals surface area contributed by atoms with Crippen molar-refractivity contribution in [2.75, 3.05) is 0 Å². The molecular weight excluding hydrogens is 324 g/mol. The number of hydrazone groups is 1. The Kier molecular flexibility index (Phi) is 4.18. The maximum Gasteiger partial charge on any atom is 0.176 e. The van der Waals surface area contributed by atoms with Gasteiger partial charge in [0.15, 0.2) is 5.84 Å². The van der Waals surface area contributed by atoms with Crippen LogP contribution >= 0.6 is 0 Å². The van der Waals surface area contributed by atoms with E-state index in [4.69, 9.17) is 0 Å². The minimum atomic E-state index is 0.710.